The van der Waals surface area contributed by atoms with Crippen molar-refractivity contribution in [3.8, 4) is 5.69 Å². The van der Waals surface area contributed by atoms with Crippen molar-refractivity contribution in [2.45, 2.75) is 57.5 Å². The molecule has 0 radical (unpaired) electrons. The first-order chi connectivity index (χ1) is 13.6. The first-order valence-corrected chi connectivity index (χ1v) is 10.3. The summed E-state index contributed by atoms with van der Waals surface area (Å²) in [5, 5.41) is 4.64. The number of likely N-dealkylation sites (tertiary alicyclic amines) is 1. The molecule has 148 valence electrons. The van der Waals surface area contributed by atoms with Gasteiger partial charge in [0.05, 0.1) is 11.4 Å². The van der Waals surface area contributed by atoms with Crippen LogP contribution in [0.1, 0.15) is 67.5 Å². The minimum Gasteiger partial charge on any atom is -0.448 e. The van der Waals surface area contributed by atoms with Crippen LogP contribution in [-0.4, -0.2) is 45.8 Å². The summed E-state index contributed by atoms with van der Waals surface area (Å²) >= 11 is 0. The zero-order chi connectivity index (χ0) is 19.5. The van der Waals surface area contributed by atoms with Crippen molar-refractivity contribution < 1.29 is 14.3 Å². The summed E-state index contributed by atoms with van der Waals surface area (Å²) in [6, 6.07) is 11.4. The van der Waals surface area contributed by atoms with Crippen LogP contribution < -0.4 is 0 Å². The van der Waals surface area contributed by atoms with E-state index in [1.165, 1.54) is 0 Å². The molecule has 1 saturated heterocycles. The van der Waals surface area contributed by atoms with Crippen molar-refractivity contribution in [1.29, 1.82) is 0 Å². The van der Waals surface area contributed by atoms with Gasteiger partial charge in [-0.2, -0.15) is 5.10 Å². The molecule has 1 aromatic heterocycles. The Balaban J connectivity index is 1.51. The zero-order valence-corrected chi connectivity index (χ0v) is 16.3. The molecule has 1 aromatic carbocycles. The Bertz CT molecular complexity index is 834. The number of aromatic nitrogens is 2. The first-order valence-electron chi connectivity index (χ1n) is 10.3. The highest BCUT2D eigenvalue weighted by Crippen LogP contribution is 2.39. The second-order valence-corrected chi connectivity index (χ2v) is 7.76. The number of hydrogen-bond acceptors (Lipinski definition) is 4. The predicted molar refractivity (Wildman–Crippen MR) is 105 cm³/mol. The Morgan fingerprint density at radius 1 is 1.07 bits per heavy atom. The van der Waals surface area contributed by atoms with Gasteiger partial charge in [-0.05, 0) is 50.8 Å². The van der Waals surface area contributed by atoms with E-state index in [0.29, 0.717) is 11.6 Å². The van der Waals surface area contributed by atoms with Crippen LogP contribution in [-0.2, 0) is 9.53 Å². The molecule has 2 heterocycles. The highest BCUT2D eigenvalue weighted by Gasteiger charge is 2.31. The van der Waals surface area contributed by atoms with Gasteiger partial charge in [0.25, 0.3) is 5.91 Å². The van der Waals surface area contributed by atoms with E-state index in [1.54, 1.807) is 11.6 Å². The number of hydrogen-bond donors (Lipinski definition) is 0. The molecule has 0 unspecified atom stereocenters. The molecule has 2 aromatic rings. The molecule has 6 heteroatoms. The molecule has 2 aliphatic rings. The van der Waals surface area contributed by atoms with Gasteiger partial charge in [0.1, 0.15) is 0 Å². The molecule has 4 rings (SSSR count). The lowest BCUT2D eigenvalue weighted by Crippen LogP contribution is -2.40. The summed E-state index contributed by atoms with van der Waals surface area (Å²) in [4.78, 5) is 27.5. The van der Waals surface area contributed by atoms with Crippen molar-refractivity contribution in [3.63, 3.8) is 0 Å². The third kappa shape index (κ3) is 4.11. The number of nitrogens with zero attached hydrogens (tertiary/aromatic N) is 3. The second kappa shape index (κ2) is 8.17. The van der Waals surface area contributed by atoms with Crippen molar-refractivity contribution in [2.75, 3.05) is 13.1 Å². The minimum atomic E-state index is -0.797. The van der Waals surface area contributed by atoms with Crippen LogP contribution in [0.5, 0.6) is 0 Å². The molecule has 1 saturated carbocycles. The van der Waals surface area contributed by atoms with E-state index in [4.69, 9.17) is 4.74 Å². The molecule has 0 N–H and O–H groups in total. The number of amides is 1. The van der Waals surface area contributed by atoms with Crippen LogP contribution in [0.15, 0.2) is 36.4 Å². The number of benzene rings is 1. The Morgan fingerprint density at radius 2 is 1.75 bits per heavy atom. The molecular weight excluding hydrogens is 354 g/mol. The van der Waals surface area contributed by atoms with Gasteiger partial charge in [0, 0.05) is 19.0 Å². The topological polar surface area (TPSA) is 64.4 Å². The normalized spacial score (nSPS) is 18.4. The third-order valence-corrected chi connectivity index (χ3v) is 5.48. The molecule has 1 aliphatic carbocycles. The molecular formula is C22H27N3O3. The van der Waals surface area contributed by atoms with E-state index in [-0.39, 0.29) is 5.91 Å². The fourth-order valence-corrected chi connectivity index (χ4v) is 3.71. The molecule has 1 amide bonds. The fraction of sp³-hybridized carbons (Fsp3) is 0.500. The number of carbonyl (C=O) groups excluding carboxylic acids is 2. The average Bonchev–Trinajstić information content (AvgIpc) is 3.51. The van der Waals surface area contributed by atoms with E-state index in [2.05, 4.69) is 5.10 Å². The SMILES string of the molecule is C[C@@H](OC(=O)c1cc(C2CC2)nn1-c1ccccc1)C(=O)N1CCCCCC1. The number of rotatable bonds is 5. The number of carbonyl (C=O) groups is 2. The Labute approximate surface area is 165 Å². The molecule has 1 aliphatic heterocycles. The second-order valence-electron chi connectivity index (χ2n) is 7.76. The molecule has 6 nitrogen and oxygen atoms in total. The van der Waals surface area contributed by atoms with Gasteiger partial charge in [-0.15, -0.1) is 0 Å². The summed E-state index contributed by atoms with van der Waals surface area (Å²) in [6.07, 6.45) is 5.73. The van der Waals surface area contributed by atoms with Crippen molar-refractivity contribution in [3.05, 3.63) is 47.8 Å². The van der Waals surface area contributed by atoms with Gasteiger partial charge < -0.3 is 9.64 Å². The lowest BCUT2D eigenvalue weighted by Gasteiger charge is -2.24. The van der Waals surface area contributed by atoms with Gasteiger partial charge in [-0.25, -0.2) is 9.48 Å². The summed E-state index contributed by atoms with van der Waals surface area (Å²) < 4.78 is 7.21. The smallest absolute Gasteiger partial charge is 0.357 e. The standard InChI is InChI=1S/C22H27N3O3/c1-16(21(26)24-13-7-2-3-8-14-24)28-22(27)20-15-19(17-11-12-17)23-25(20)18-9-5-4-6-10-18/h4-6,9-10,15-17H,2-3,7-8,11-14H2,1H3/t16-/m1/s1. The molecule has 28 heavy (non-hydrogen) atoms. The number of ether oxygens (including phenoxy) is 1. The fourth-order valence-electron chi connectivity index (χ4n) is 3.71. The summed E-state index contributed by atoms with van der Waals surface area (Å²) in [5.74, 6) is -0.185. The Kier molecular flexibility index (Phi) is 5.46. The van der Waals surface area contributed by atoms with Crippen LogP contribution >= 0.6 is 0 Å². The molecule has 0 bridgehead atoms. The maximum Gasteiger partial charge on any atom is 0.357 e. The van der Waals surface area contributed by atoms with Crippen LogP contribution in [0.4, 0.5) is 0 Å². The average molecular weight is 381 g/mol. The van der Waals surface area contributed by atoms with E-state index in [0.717, 1.165) is 63.0 Å². The highest BCUT2D eigenvalue weighted by molar-refractivity contribution is 5.91. The number of para-hydroxylation sites is 1. The van der Waals surface area contributed by atoms with Gasteiger partial charge in [0.2, 0.25) is 0 Å². The number of esters is 1. The third-order valence-electron chi connectivity index (χ3n) is 5.48. The highest BCUT2D eigenvalue weighted by atomic mass is 16.5. The molecule has 1 atom stereocenters. The maximum absolute atomic E-state index is 12.9. The van der Waals surface area contributed by atoms with Crippen LogP contribution in [0.25, 0.3) is 5.69 Å². The van der Waals surface area contributed by atoms with Crippen LogP contribution in [0.2, 0.25) is 0 Å². The van der Waals surface area contributed by atoms with E-state index < -0.39 is 12.1 Å². The Morgan fingerprint density at radius 3 is 2.39 bits per heavy atom. The van der Waals surface area contributed by atoms with E-state index in [1.807, 2.05) is 41.3 Å². The van der Waals surface area contributed by atoms with Crippen molar-refractivity contribution >= 4 is 11.9 Å². The molecule has 2 fully saturated rings. The Hall–Kier alpha value is -2.63. The van der Waals surface area contributed by atoms with Gasteiger partial charge in [0.15, 0.2) is 11.8 Å². The lowest BCUT2D eigenvalue weighted by atomic mass is 10.2. The van der Waals surface area contributed by atoms with Crippen molar-refractivity contribution in [2.24, 2.45) is 0 Å². The maximum atomic E-state index is 12.9. The van der Waals surface area contributed by atoms with Gasteiger partial charge >= 0.3 is 5.97 Å². The van der Waals surface area contributed by atoms with Gasteiger partial charge in [-0.3, -0.25) is 4.79 Å². The first kappa shape index (κ1) is 18.7. The molecule has 0 spiro atoms. The monoisotopic (exact) mass is 381 g/mol. The predicted octanol–water partition coefficient (Wildman–Crippen LogP) is 3.70. The van der Waals surface area contributed by atoms with Crippen molar-refractivity contribution in [1.82, 2.24) is 14.7 Å². The lowest BCUT2D eigenvalue weighted by molar-refractivity contribution is -0.139. The van der Waals surface area contributed by atoms with E-state index in [9.17, 15) is 9.59 Å². The van der Waals surface area contributed by atoms with Crippen LogP contribution in [0.3, 0.4) is 0 Å². The minimum absolute atomic E-state index is 0.108. The summed E-state index contributed by atoms with van der Waals surface area (Å²) in [5.41, 5.74) is 2.11. The summed E-state index contributed by atoms with van der Waals surface area (Å²) in [6.45, 7) is 3.15. The van der Waals surface area contributed by atoms with Gasteiger partial charge in [-0.1, -0.05) is 31.0 Å². The quantitative estimate of drug-likeness (QED) is 0.741. The zero-order valence-electron chi connectivity index (χ0n) is 16.3. The van der Waals surface area contributed by atoms with E-state index >= 15 is 0 Å². The van der Waals surface area contributed by atoms with Crippen LogP contribution in [0, 0.1) is 0 Å². The summed E-state index contributed by atoms with van der Waals surface area (Å²) in [7, 11) is 0. The largest absolute Gasteiger partial charge is 0.448 e.